The van der Waals surface area contributed by atoms with Crippen LogP contribution in [0.25, 0.3) is 0 Å². The molecule has 20 heavy (non-hydrogen) atoms. The second-order valence-electron chi connectivity index (χ2n) is 4.10. The smallest absolute Gasteiger partial charge is 0.142 e. The third kappa shape index (κ3) is 2.67. The van der Waals surface area contributed by atoms with E-state index in [1.54, 1.807) is 18.2 Å². The average Bonchev–Trinajstić information content (AvgIpc) is 2.45. The van der Waals surface area contributed by atoms with Crippen LogP contribution >= 0.6 is 15.9 Å². The summed E-state index contributed by atoms with van der Waals surface area (Å²) in [5, 5.41) is 0. The molecule has 0 fully saturated rings. The first-order chi connectivity index (χ1) is 9.60. The van der Waals surface area contributed by atoms with E-state index in [1.165, 1.54) is 25.3 Å². The molecule has 3 N–H and O–H groups in total. The molecule has 0 saturated carbocycles. The maximum Gasteiger partial charge on any atom is 0.142 e. The minimum atomic E-state index is -0.858. The summed E-state index contributed by atoms with van der Waals surface area (Å²) in [6.07, 6.45) is 0. The van der Waals surface area contributed by atoms with Gasteiger partial charge in [-0.15, -0.1) is 0 Å². The number of nitrogens with two attached hydrogens (primary N) is 1. The lowest BCUT2D eigenvalue weighted by Crippen LogP contribution is -2.30. The standard InChI is InChI=1S/C14H13BrF2N2O/c1-20-11-7-3-6-10(16)12(11)14(19-18)8-4-2-5-9(15)13(8)17/h2-7,14,19H,18H2,1H3. The van der Waals surface area contributed by atoms with Crippen LogP contribution < -0.4 is 16.0 Å². The summed E-state index contributed by atoms with van der Waals surface area (Å²) in [4.78, 5) is 0. The summed E-state index contributed by atoms with van der Waals surface area (Å²) in [5.41, 5.74) is 2.83. The van der Waals surface area contributed by atoms with Crippen LogP contribution in [0.1, 0.15) is 17.2 Å². The Morgan fingerprint density at radius 1 is 1.20 bits per heavy atom. The van der Waals surface area contributed by atoms with Gasteiger partial charge >= 0.3 is 0 Å². The highest BCUT2D eigenvalue weighted by Crippen LogP contribution is 2.34. The van der Waals surface area contributed by atoms with E-state index in [4.69, 9.17) is 10.6 Å². The molecule has 106 valence electrons. The molecular formula is C14H13BrF2N2O. The van der Waals surface area contributed by atoms with E-state index in [0.717, 1.165) is 0 Å². The Hall–Kier alpha value is -1.50. The number of methoxy groups -OCH3 is 1. The number of hydrazine groups is 1. The number of benzene rings is 2. The molecular weight excluding hydrogens is 330 g/mol. The van der Waals surface area contributed by atoms with Gasteiger partial charge in [0, 0.05) is 5.56 Å². The first-order valence-corrected chi connectivity index (χ1v) is 6.62. The molecule has 2 rings (SSSR count). The fourth-order valence-electron chi connectivity index (χ4n) is 2.05. The van der Waals surface area contributed by atoms with Crippen molar-refractivity contribution in [3.05, 3.63) is 63.6 Å². The zero-order valence-corrected chi connectivity index (χ0v) is 12.2. The van der Waals surface area contributed by atoms with E-state index in [9.17, 15) is 8.78 Å². The van der Waals surface area contributed by atoms with Gasteiger partial charge in [-0.2, -0.15) is 0 Å². The highest BCUT2D eigenvalue weighted by Gasteiger charge is 2.24. The van der Waals surface area contributed by atoms with E-state index in [2.05, 4.69) is 21.4 Å². The molecule has 0 bridgehead atoms. The molecule has 1 unspecified atom stereocenters. The maximum atomic E-state index is 14.2. The van der Waals surface area contributed by atoms with Crippen molar-refractivity contribution in [2.75, 3.05) is 7.11 Å². The van der Waals surface area contributed by atoms with Gasteiger partial charge in [-0.3, -0.25) is 5.84 Å². The van der Waals surface area contributed by atoms with Gasteiger partial charge in [0.15, 0.2) is 0 Å². The van der Waals surface area contributed by atoms with Crippen LogP contribution in [0.15, 0.2) is 40.9 Å². The molecule has 0 spiro atoms. The molecule has 0 aromatic heterocycles. The monoisotopic (exact) mass is 342 g/mol. The summed E-state index contributed by atoms with van der Waals surface area (Å²) in [5.74, 6) is 4.77. The third-order valence-electron chi connectivity index (χ3n) is 2.98. The zero-order chi connectivity index (χ0) is 14.7. The molecule has 0 aliphatic carbocycles. The van der Waals surface area contributed by atoms with Crippen molar-refractivity contribution in [3.63, 3.8) is 0 Å². The van der Waals surface area contributed by atoms with Crippen molar-refractivity contribution >= 4 is 15.9 Å². The lowest BCUT2D eigenvalue weighted by atomic mass is 9.97. The molecule has 3 nitrogen and oxygen atoms in total. The molecule has 0 aliphatic heterocycles. The van der Waals surface area contributed by atoms with Crippen molar-refractivity contribution < 1.29 is 13.5 Å². The highest BCUT2D eigenvalue weighted by atomic mass is 79.9. The highest BCUT2D eigenvalue weighted by molar-refractivity contribution is 9.10. The van der Waals surface area contributed by atoms with Crippen molar-refractivity contribution in [3.8, 4) is 5.75 Å². The van der Waals surface area contributed by atoms with Crippen LogP contribution in [-0.2, 0) is 0 Å². The van der Waals surface area contributed by atoms with Crippen molar-refractivity contribution in [1.29, 1.82) is 0 Å². The molecule has 2 aromatic rings. The topological polar surface area (TPSA) is 47.3 Å². The van der Waals surface area contributed by atoms with Crippen molar-refractivity contribution in [2.24, 2.45) is 5.84 Å². The first-order valence-electron chi connectivity index (χ1n) is 5.82. The van der Waals surface area contributed by atoms with Gasteiger partial charge in [0.05, 0.1) is 23.2 Å². The van der Waals surface area contributed by atoms with Gasteiger partial charge in [0.2, 0.25) is 0 Å². The Balaban J connectivity index is 2.61. The minimum absolute atomic E-state index is 0.162. The van der Waals surface area contributed by atoms with Gasteiger partial charge in [0.1, 0.15) is 17.4 Å². The Morgan fingerprint density at radius 3 is 2.55 bits per heavy atom. The zero-order valence-electron chi connectivity index (χ0n) is 10.7. The molecule has 0 heterocycles. The molecule has 0 saturated heterocycles. The van der Waals surface area contributed by atoms with E-state index in [1.807, 2.05) is 0 Å². The number of halogens is 3. The molecule has 1 atom stereocenters. The van der Waals surface area contributed by atoms with Gasteiger partial charge in [-0.05, 0) is 34.1 Å². The normalized spacial score (nSPS) is 12.2. The second-order valence-corrected chi connectivity index (χ2v) is 4.95. The second kappa shape index (κ2) is 6.30. The summed E-state index contributed by atoms with van der Waals surface area (Å²) in [6.45, 7) is 0. The van der Waals surface area contributed by atoms with E-state index < -0.39 is 17.7 Å². The number of nitrogens with one attached hydrogen (secondary N) is 1. The van der Waals surface area contributed by atoms with Crippen LogP contribution in [0.4, 0.5) is 8.78 Å². The average molecular weight is 343 g/mol. The largest absolute Gasteiger partial charge is 0.496 e. The summed E-state index contributed by atoms with van der Waals surface area (Å²) < 4.78 is 33.7. The Kier molecular flexibility index (Phi) is 4.69. The quantitative estimate of drug-likeness (QED) is 0.662. The number of hydrogen-bond donors (Lipinski definition) is 2. The third-order valence-corrected chi connectivity index (χ3v) is 3.59. The first kappa shape index (κ1) is 14.9. The lowest BCUT2D eigenvalue weighted by Gasteiger charge is -2.21. The van der Waals surface area contributed by atoms with Crippen LogP contribution in [0.5, 0.6) is 5.75 Å². The minimum Gasteiger partial charge on any atom is -0.496 e. The summed E-state index contributed by atoms with van der Waals surface area (Å²) in [7, 11) is 1.42. The Bertz CT molecular complexity index is 622. The van der Waals surface area contributed by atoms with Crippen molar-refractivity contribution in [1.82, 2.24) is 5.43 Å². The Labute approximate surface area is 123 Å². The van der Waals surface area contributed by atoms with Crippen molar-refractivity contribution in [2.45, 2.75) is 6.04 Å². The SMILES string of the molecule is COc1cccc(F)c1C(NN)c1cccc(Br)c1F. The predicted octanol–water partition coefficient (Wildman–Crippen LogP) is 3.29. The van der Waals surface area contributed by atoms with Crippen LogP contribution in [0.3, 0.4) is 0 Å². The van der Waals surface area contributed by atoms with Gasteiger partial charge in [0.25, 0.3) is 0 Å². The van der Waals surface area contributed by atoms with E-state index >= 15 is 0 Å². The fraction of sp³-hybridized carbons (Fsp3) is 0.143. The molecule has 2 aromatic carbocycles. The lowest BCUT2D eigenvalue weighted by molar-refractivity contribution is 0.396. The molecule has 0 amide bonds. The predicted molar refractivity (Wildman–Crippen MR) is 76.2 cm³/mol. The number of hydrogen-bond acceptors (Lipinski definition) is 3. The summed E-state index contributed by atoms with van der Waals surface area (Å²) >= 11 is 3.10. The van der Waals surface area contributed by atoms with Gasteiger partial charge < -0.3 is 4.74 Å². The van der Waals surface area contributed by atoms with Crippen LogP contribution in [0.2, 0.25) is 0 Å². The van der Waals surface area contributed by atoms with Gasteiger partial charge in [-0.1, -0.05) is 18.2 Å². The van der Waals surface area contributed by atoms with E-state index in [0.29, 0.717) is 5.75 Å². The van der Waals surface area contributed by atoms with Crippen LogP contribution in [-0.4, -0.2) is 7.11 Å². The fourth-order valence-corrected chi connectivity index (χ4v) is 2.43. The van der Waals surface area contributed by atoms with Crippen LogP contribution in [0, 0.1) is 11.6 Å². The number of ether oxygens (including phenoxy) is 1. The molecule has 6 heteroatoms. The molecule has 0 radical (unpaired) electrons. The number of rotatable bonds is 4. The molecule has 0 aliphatic rings. The Morgan fingerprint density at radius 2 is 1.90 bits per heavy atom. The summed E-state index contributed by atoms with van der Waals surface area (Å²) in [6, 6.07) is 8.28. The maximum absolute atomic E-state index is 14.2. The van der Waals surface area contributed by atoms with Gasteiger partial charge in [-0.25, -0.2) is 14.2 Å². The van der Waals surface area contributed by atoms with E-state index in [-0.39, 0.29) is 15.6 Å².